The summed E-state index contributed by atoms with van der Waals surface area (Å²) in [7, 11) is 0. The molecule has 0 spiro atoms. The predicted molar refractivity (Wildman–Crippen MR) is 97.0 cm³/mol. The van der Waals surface area contributed by atoms with Crippen LogP contribution in [0.4, 0.5) is 4.39 Å². The van der Waals surface area contributed by atoms with Crippen LogP contribution in [-0.2, 0) is 11.4 Å². The summed E-state index contributed by atoms with van der Waals surface area (Å²) in [4.78, 5) is 4.40. The summed E-state index contributed by atoms with van der Waals surface area (Å²) >= 11 is 0. The number of pyridine rings is 1. The Morgan fingerprint density at radius 3 is 2.92 bits per heavy atom. The van der Waals surface area contributed by atoms with Crippen molar-refractivity contribution in [2.75, 3.05) is 6.61 Å². The van der Waals surface area contributed by atoms with E-state index < -0.39 is 12.4 Å². The molecule has 1 aliphatic rings. The molecule has 0 aliphatic carbocycles. The van der Waals surface area contributed by atoms with Crippen molar-refractivity contribution in [3.63, 3.8) is 0 Å². The molecule has 0 amide bonds. The number of ether oxygens (including phenoxy) is 2. The number of allylic oxidation sites excluding steroid dienone is 2. The highest BCUT2D eigenvalue weighted by molar-refractivity contribution is 5.82. The van der Waals surface area contributed by atoms with Crippen LogP contribution in [-0.4, -0.2) is 23.4 Å². The number of para-hydroxylation sites is 1. The number of alkyl halides is 1. The van der Waals surface area contributed by atoms with E-state index in [2.05, 4.69) is 10.3 Å². The zero-order valence-electron chi connectivity index (χ0n) is 14.5. The molecule has 4 nitrogen and oxygen atoms in total. The highest BCUT2D eigenvalue weighted by Crippen LogP contribution is 2.28. The lowest BCUT2D eigenvalue weighted by Gasteiger charge is -2.35. The average molecular weight is 342 g/mol. The third-order valence-electron chi connectivity index (χ3n) is 4.16. The fraction of sp³-hybridized carbons (Fsp3) is 0.350. The van der Waals surface area contributed by atoms with Gasteiger partial charge in [0.2, 0.25) is 5.72 Å². The second-order valence-corrected chi connectivity index (χ2v) is 6.12. The number of hydrogen-bond acceptors (Lipinski definition) is 4. The first-order valence-electron chi connectivity index (χ1n) is 8.52. The molecule has 2 aromatic rings. The van der Waals surface area contributed by atoms with Crippen molar-refractivity contribution in [2.24, 2.45) is 0 Å². The van der Waals surface area contributed by atoms with Crippen molar-refractivity contribution in [1.29, 1.82) is 0 Å². The van der Waals surface area contributed by atoms with Crippen molar-refractivity contribution in [3.05, 3.63) is 60.5 Å². The smallest absolute Gasteiger partial charge is 0.202 e. The Morgan fingerprint density at radius 1 is 1.32 bits per heavy atom. The second-order valence-electron chi connectivity index (χ2n) is 6.12. The number of dihydropyridines is 1. The molecule has 1 aromatic carbocycles. The van der Waals surface area contributed by atoms with E-state index in [-0.39, 0.29) is 6.10 Å². The maximum Gasteiger partial charge on any atom is 0.202 e. The molecule has 0 saturated heterocycles. The Kier molecular flexibility index (Phi) is 5.34. The molecule has 2 unspecified atom stereocenters. The maximum absolute atomic E-state index is 13.1. The molecule has 1 aromatic heterocycles. The van der Waals surface area contributed by atoms with Gasteiger partial charge < -0.3 is 14.8 Å². The molecule has 1 aliphatic heterocycles. The molecule has 0 fully saturated rings. The number of fused-ring (bicyclic) bond motifs is 1. The number of halogens is 1. The molecular weight excluding hydrogens is 319 g/mol. The largest absolute Gasteiger partial charge is 0.463 e. The van der Waals surface area contributed by atoms with Crippen LogP contribution in [0.2, 0.25) is 0 Å². The fourth-order valence-corrected chi connectivity index (χ4v) is 3.08. The Balaban J connectivity index is 1.88. The Morgan fingerprint density at radius 2 is 2.20 bits per heavy atom. The fourth-order valence-electron chi connectivity index (χ4n) is 3.08. The summed E-state index contributed by atoms with van der Waals surface area (Å²) in [5, 5.41) is 4.14. The van der Waals surface area contributed by atoms with Gasteiger partial charge in [-0.1, -0.05) is 24.3 Å². The summed E-state index contributed by atoms with van der Waals surface area (Å²) in [6.07, 6.45) is 10.0. The molecule has 3 rings (SSSR count). The molecule has 2 heterocycles. The zero-order chi connectivity index (χ0) is 17.7. The van der Waals surface area contributed by atoms with Gasteiger partial charge in [0.25, 0.3) is 0 Å². The summed E-state index contributed by atoms with van der Waals surface area (Å²) in [5.41, 5.74) is 0.555. The van der Waals surface area contributed by atoms with Gasteiger partial charge >= 0.3 is 0 Å². The van der Waals surface area contributed by atoms with Crippen LogP contribution in [0.3, 0.4) is 0 Å². The van der Waals surface area contributed by atoms with Gasteiger partial charge in [-0.25, -0.2) is 4.39 Å². The second kappa shape index (κ2) is 7.66. The van der Waals surface area contributed by atoms with E-state index in [0.29, 0.717) is 29.9 Å². The molecular formula is C20H23FN2O2. The lowest BCUT2D eigenvalue weighted by Crippen LogP contribution is -2.49. The van der Waals surface area contributed by atoms with Gasteiger partial charge in [-0.3, -0.25) is 4.98 Å². The minimum atomic E-state index is -0.698. The third kappa shape index (κ3) is 3.99. The molecule has 1 N–H and O–H groups in total. The van der Waals surface area contributed by atoms with Crippen molar-refractivity contribution in [3.8, 4) is 5.75 Å². The van der Waals surface area contributed by atoms with Crippen molar-refractivity contribution in [1.82, 2.24) is 10.3 Å². The lowest BCUT2D eigenvalue weighted by atomic mass is 10.0. The molecule has 2 atom stereocenters. The summed E-state index contributed by atoms with van der Waals surface area (Å²) < 4.78 is 25.0. The average Bonchev–Trinajstić information content (AvgIpc) is 2.61. The number of nitrogens with one attached hydrogen (secondary N) is 1. The Bertz CT molecular complexity index is 790. The highest BCUT2D eigenvalue weighted by atomic mass is 19.1. The van der Waals surface area contributed by atoms with Gasteiger partial charge in [-0.2, -0.15) is 0 Å². The van der Waals surface area contributed by atoms with Gasteiger partial charge in [0.05, 0.1) is 17.8 Å². The van der Waals surface area contributed by atoms with Gasteiger partial charge in [-0.15, -0.1) is 0 Å². The molecule has 132 valence electrons. The summed E-state index contributed by atoms with van der Waals surface area (Å²) in [5.74, 6) is 0.625. The lowest BCUT2D eigenvalue weighted by molar-refractivity contribution is -0.0000733. The minimum absolute atomic E-state index is 0.0280. The highest BCUT2D eigenvalue weighted by Gasteiger charge is 2.32. The molecule has 5 heteroatoms. The number of nitrogens with zero attached hydrogens (tertiary/aromatic N) is 1. The Labute approximate surface area is 147 Å². The standard InChI is InChI=1S/C20H23FN2O2/c1-3-24-15(2)12-20(9-4-5-10-23-20)25-18-11-16-7-6-8-17(13-21)19(16)22-14-18/h4-11,14-15,23H,3,12-13H2,1-2H3. The first-order valence-corrected chi connectivity index (χ1v) is 8.52. The van der Waals surface area contributed by atoms with E-state index in [1.807, 2.05) is 56.5 Å². The van der Waals surface area contributed by atoms with Crippen LogP contribution in [0.5, 0.6) is 5.75 Å². The molecule has 0 radical (unpaired) electrons. The summed E-state index contributed by atoms with van der Waals surface area (Å²) in [6, 6.07) is 7.38. The van der Waals surface area contributed by atoms with Gasteiger partial charge in [0, 0.05) is 30.2 Å². The van der Waals surface area contributed by atoms with Gasteiger partial charge in [0.15, 0.2) is 0 Å². The van der Waals surface area contributed by atoms with Gasteiger partial charge in [-0.05, 0) is 32.1 Å². The van der Waals surface area contributed by atoms with Crippen LogP contribution in [0, 0.1) is 0 Å². The zero-order valence-corrected chi connectivity index (χ0v) is 14.5. The van der Waals surface area contributed by atoms with Crippen LogP contribution in [0.15, 0.2) is 54.9 Å². The van der Waals surface area contributed by atoms with E-state index in [0.717, 1.165) is 5.39 Å². The van der Waals surface area contributed by atoms with Crippen molar-refractivity contribution < 1.29 is 13.9 Å². The van der Waals surface area contributed by atoms with Gasteiger partial charge in [0.1, 0.15) is 12.4 Å². The molecule has 0 bridgehead atoms. The third-order valence-corrected chi connectivity index (χ3v) is 4.16. The van der Waals surface area contributed by atoms with E-state index in [4.69, 9.17) is 9.47 Å². The number of aromatic nitrogens is 1. The van der Waals surface area contributed by atoms with Crippen LogP contribution >= 0.6 is 0 Å². The molecule has 25 heavy (non-hydrogen) atoms. The first-order chi connectivity index (χ1) is 12.2. The quantitative estimate of drug-likeness (QED) is 0.816. The van der Waals surface area contributed by atoms with E-state index in [1.165, 1.54) is 0 Å². The summed E-state index contributed by atoms with van der Waals surface area (Å²) in [6.45, 7) is 4.12. The molecule has 0 saturated carbocycles. The Hall–Kier alpha value is -2.40. The van der Waals surface area contributed by atoms with E-state index >= 15 is 0 Å². The minimum Gasteiger partial charge on any atom is -0.463 e. The van der Waals surface area contributed by atoms with E-state index in [1.54, 1.807) is 12.3 Å². The predicted octanol–water partition coefficient (Wildman–Crippen LogP) is 4.27. The number of benzene rings is 1. The van der Waals surface area contributed by atoms with E-state index in [9.17, 15) is 4.39 Å². The van der Waals surface area contributed by atoms with Crippen LogP contribution in [0.1, 0.15) is 25.8 Å². The SMILES string of the molecule is CCOC(C)CC1(Oc2cnc3c(CF)cccc3c2)C=CC=CN1. The number of rotatable bonds is 7. The van der Waals surface area contributed by atoms with Crippen molar-refractivity contribution >= 4 is 10.9 Å². The first kappa shape index (κ1) is 17.4. The maximum atomic E-state index is 13.1. The topological polar surface area (TPSA) is 43.4 Å². The van der Waals surface area contributed by atoms with Crippen LogP contribution in [0.25, 0.3) is 10.9 Å². The van der Waals surface area contributed by atoms with Crippen LogP contribution < -0.4 is 10.1 Å². The normalized spacial score (nSPS) is 20.4. The number of hydrogen-bond donors (Lipinski definition) is 1. The van der Waals surface area contributed by atoms with Crippen molar-refractivity contribution in [2.45, 2.75) is 38.8 Å². The monoisotopic (exact) mass is 342 g/mol.